The molecule has 0 heterocycles. The molecule has 3 unspecified atom stereocenters. The van der Waals surface area contributed by atoms with Gasteiger partial charge in [0.25, 0.3) is 0 Å². The summed E-state index contributed by atoms with van der Waals surface area (Å²) < 4.78 is 68.5. The third kappa shape index (κ3) is 69.2. The molecule has 6 atom stereocenters. The third-order valence-electron chi connectivity index (χ3n) is 18.2. The number of hydrogen-bond donors (Lipinski definition) is 3. The van der Waals surface area contributed by atoms with E-state index in [0.29, 0.717) is 31.6 Å². The zero-order chi connectivity index (χ0) is 71.0. The Labute approximate surface area is 588 Å². The van der Waals surface area contributed by atoms with Crippen LogP contribution < -0.4 is 0 Å². The Morgan fingerprint density at radius 2 is 0.500 bits per heavy atom. The first-order valence-electron chi connectivity index (χ1n) is 39.7. The molecule has 0 aliphatic rings. The van der Waals surface area contributed by atoms with E-state index in [2.05, 4.69) is 55.4 Å². The maximum absolute atomic E-state index is 13.1. The minimum Gasteiger partial charge on any atom is -0.462 e. The van der Waals surface area contributed by atoms with Crippen molar-refractivity contribution < 1.29 is 80.2 Å². The van der Waals surface area contributed by atoms with Crippen LogP contribution in [0.25, 0.3) is 0 Å². The Kier molecular flexibility index (Phi) is 65.0. The molecule has 0 aliphatic heterocycles. The van der Waals surface area contributed by atoms with Crippen molar-refractivity contribution in [2.45, 2.75) is 408 Å². The fourth-order valence-corrected chi connectivity index (χ4v) is 13.3. The highest BCUT2D eigenvalue weighted by Crippen LogP contribution is 2.45. The van der Waals surface area contributed by atoms with Gasteiger partial charge in [-0.1, -0.05) is 338 Å². The van der Waals surface area contributed by atoms with E-state index < -0.39 is 97.5 Å². The highest BCUT2D eigenvalue weighted by atomic mass is 31.2. The summed E-state index contributed by atoms with van der Waals surface area (Å²) >= 11 is 0. The standard InChI is InChI=1S/C77H150O17P2/c1-9-70(8)56-48-40-34-36-42-50-58-75(80)88-64-73(94-77(82)59-51-43-31-27-23-19-15-13-11-10-12-14-17-21-25-29-37-45-53-67(2)3)66-92-96(85,86)90-62-71(78)61-89-95(83,84)91-65-72(63-87-74(79)57-49-41-35-33-39-47-55-69(6)7)93-76(81)60-52-44-32-28-24-20-16-18-22-26-30-38-46-54-68(4)5/h67-73,78H,9-66H2,1-8H3,(H,83,84)(H,85,86)/t70?,71-,72+,73+/m0/s1. The molecule has 0 aromatic carbocycles. The minimum absolute atomic E-state index is 0.106. The lowest BCUT2D eigenvalue weighted by molar-refractivity contribution is -0.161. The first kappa shape index (κ1) is 94.1. The molecule has 0 amide bonds. The van der Waals surface area contributed by atoms with E-state index in [1.165, 1.54) is 180 Å². The monoisotopic (exact) mass is 1410 g/mol. The van der Waals surface area contributed by atoms with Gasteiger partial charge >= 0.3 is 39.5 Å². The van der Waals surface area contributed by atoms with E-state index in [0.717, 1.165) is 120 Å². The second kappa shape index (κ2) is 66.3. The van der Waals surface area contributed by atoms with Gasteiger partial charge in [-0.2, -0.15) is 0 Å². The topological polar surface area (TPSA) is 237 Å². The van der Waals surface area contributed by atoms with Crippen molar-refractivity contribution in [3.8, 4) is 0 Å². The molecule has 0 saturated heterocycles. The number of aliphatic hydroxyl groups is 1. The first-order valence-corrected chi connectivity index (χ1v) is 42.7. The molecule has 0 bridgehead atoms. The van der Waals surface area contributed by atoms with Crippen LogP contribution in [0.5, 0.6) is 0 Å². The smallest absolute Gasteiger partial charge is 0.462 e. The van der Waals surface area contributed by atoms with Crippen LogP contribution in [0.3, 0.4) is 0 Å². The summed E-state index contributed by atoms with van der Waals surface area (Å²) in [5.74, 6) is 0.894. The summed E-state index contributed by atoms with van der Waals surface area (Å²) in [6.45, 7) is 14.1. The molecule has 17 nitrogen and oxygen atoms in total. The van der Waals surface area contributed by atoms with Gasteiger partial charge in [0.15, 0.2) is 12.2 Å². The Morgan fingerprint density at radius 1 is 0.292 bits per heavy atom. The van der Waals surface area contributed by atoms with Gasteiger partial charge in [0, 0.05) is 25.7 Å². The molecule has 0 spiro atoms. The van der Waals surface area contributed by atoms with Crippen LogP contribution in [0.1, 0.15) is 389 Å². The van der Waals surface area contributed by atoms with Gasteiger partial charge in [-0.25, -0.2) is 9.13 Å². The minimum atomic E-state index is -4.96. The number of unbranched alkanes of at least 4 members (excludes halogenated alkanes) is 39. The van der Waals surface area contributed by atoms with E-state index in [1.54, 1.807) is 0 Å². The predicted octanol–water partition coefficient (Wildman–Crippen LogP) is 22.4. The molecular weight excluding hydrogens is 1260 g/mol. The largest absolute Gasteiger partial charge is 0.472 e. The van der Waals surface area contributed by atoms with Gasteiger partial charge in [0.1, 0.15) is 19.3 Å². The van der Waals surface area contributed by atoms with E-state index in [4.69, 9.17) is 37.0 Å². The number of phosphoric acid groups is 2. The number of carbonyl (C=O) groups is 4. The van der Waals surface area contributed by atoms with Crippen molar-refractivity contribution >= 4 is 39.5 Å². The van der Waals surface area contributed by atoms with Gasteiger partial charge in [0.2, 0.25) is 0 Å². The van der Waals surface area contributed by atoms with E-state index >= 15 is 0 Å². The fourth-order valence-electron chi connectivity index (χ4n) is 11.7. The molecule has 0 aromatic rings. The quantitative estimate of drug-likeness (QED) is 0.0222. The second-order valence-electron chi connectivity index (χ2n) is 29.4. The van der Waals surface area contributed by atoms with Gasteiger partial charge in [-0.3, -0.25) is 37.3 Å². The third-order valence-corrected chi connectivity index (χ3v) is 20.1. The van der Waals surface area contributed by atoms with Crippen molar-refractivity contribution in [1.82, 2.24) is 0 Å². The summed E-state index contributed by atoms with van der Waals surface area (Å²) in [5, 5.41) is 10.6. The molecule has 19 heteroatoms. The van der Waals surface area contributed by atoms with Crippen LogP contribution in [0.15, 0.2) is 0 Å². The van der Waals surface area contributed by atoms with Crippen LogP contribution in [0.4, 0.5) is 0 Å². The number of esters is 4. The van der Waals surface area contributed by atoms with Crippen LogP contribution in [-0.2, 0) is 65.4 Å². The average molecular weight is 1410 g/mol. The Bertz CT molecular complexity index is 1890. The zero-order valence-corrected chi connectivity index (χ0v) is 64.8. The number of aliphatic hydroxyl groups excluding tert-OH is 1. The van der Waals surface area contributed by atoms with Crippen LogP contribution in [-0.4, -0.2) is 96.7 Å². The van der Waals surface area contributed by atoms with Crippen molar-refractivity contribution in [1.29, 1.82) is 0 Å². The molecule has 3 N–H and O–H groups in total. The SMILES string of the molecule is CCC(C)CCCCCCCCC(=O)OC[C@H](COP(=O)(O)OC[C@@H](O)COP(=O)(O)OC[C@@H](COC(=O)CCCCCCCCC(C)C)OC(=O)CCCCCCCCCCCCCCCC(C)C)OC(=O)CCCCCCCCCCCCCCCCCCCCC(C)C. The molecule has 0 rings (SSSR count). The number of rotatable bonds is 74. The lowest BCUT2D eigenvalue weighted by Crippen LogP contribution is -2.30. The Morgan fingerprint density at radius 3 is 0.740 bits per heavy atom. The summed E-state index contributed by atoms with van der Waals surface area (Å²) in [4.78, 5) is 72.8. The van der Waals surface area contributed by atoms with E-state index in [1.807, 2.05) is 0 Å². The molecule has 96 heavy (non-hydrogen) atoms. The second-order valence-corrected chi connectivity index (χ2v) is 32.3. The normalized spacial score (nSPS) is 14.4. The van der Waals surface area contributed by atoms with Gasteiger partial charge in [0.05, 0.1) is 26.4 Å². The molecule has 0 radical (unpaired) electrons. The Hall–Kier alpha value is -1.94. The summed E-state index contributed by atoms with van der Waals surface area (Å²) in [6.07, 6.45) is 51.7. The number of carbonyl (C=O) groups excluding carboxylic acids is 4. The van der Waals surface area contributed by atoms with Crippen LogP contribution in [0.2, 0.25) is 0 Å². The summed E-state index contributed by atoms with van der Waals surface area (Å²) in [6, 6.07) is 0. The van der Waals surface area contributed by atoms with Crippen molar-refractivity contribution in [2.24, 2.45) is 23.7 Å². The molecule has 0 aromatic heterocycles. The highest BCUT2D eigenvalue weighted by molar-refractivity contribution is 7.47. The highest BCUT2D eigenvalue weighted by Gasteiger charge is 2.30. The summed E-state index contributed by atoms with van der Waals surface area (Å²) in [5.41, 5.74) is 0. The Balaban J connectivity index is 5.17. The zero-order valence-electron chi connectivity index (χ0n) is 63.0. The van der Waals surface area contributed by atoms with Crippen molar-refractivity contribution in [3.63, 3.8) is 0 Å². The lowest BCUT2D eigenvalue weighted by Gasteiger charge is -2.21. The van der Waals surface area contributed by atoms with Crippen LogP contribution in [0, 0.1) is 23.7 Å². The van der Waals surface area contributed by atoms with Crippen LogP contribution >= 0.6 is 15.6 Å². The van der Waals surface area contributed by atoms with Gasteiger partial charge < -0.3 is 33.8 Å². The van der Waals surface area contributed by atoms with Crippen molar-refractivity contribution in [3.05, 3.63) is 0 Å². The predicted molar refractivity (Wildman–Crippen MR) is 391 cm³/mol. The maximum Gasteiger partial charge on any atom is 0.472 e. The first-order chi connectivity index (χ1) is 46.1. The lowest BCUT2D eigenvalue weighted by atomic mass is 10.00. The average Bonchev–Trinajstić information content (AvgIpc) is 1.21. The summed E-state index contributed by atoms with van der Waals surface area (Å²) in [7, 11) is -9.91. The van der Waals surface area contributed by atoms with Gasteiger partial charge in [-0.15, -0.1) is 0 Å². The maximum atomic E-state index is 13.1. The molecule has 570 valence electrons. The number of phosphoric ester groups is 2. The number of ether oxygens (including phenoxy) is 4. The van der Waals surface area contributed by atoms with E-state index in [-0.39, 0.29) is 25.7 Å². The fraction of sp³-hybridized carbons (Fsp3) is 0.948. The van der Waals surface area contributed by atoms with E-state index in [9.17, 15) is 43.2 Å². The molecule has 0 saturated carbocycles. The molecule has 0 aliphatic carbocycles. The number of hydrogen-bond acceptors (Lipinski definition) is 15. The molecular formula is C77H150O17P2. The van der Waals surface area contributed by atoms with Crippen molar-refractivity contribution in [2.75, 3.05) is 39.6 Å². The van der Waals surface area contributed by atoms with Gasteiger partial charge in [-0.05, 0) is 49.4 Å². The molecule has 0 fully saturated rings.